The average Bonchev–Trinajstić information content (AvgIpc) is 3.30. The number of benzene rings is 1. The average molecular weight is 403 g/mol. The van der Waals surface area contributed by atoms with Crippen LogP contribution in [0.25, 0.3) is 11.3 Å². The van der Waals surface area contributed by atoms with Crippen LogP contribution in [0.3, 0.4) is 0 Å². The van der Waals surface area contributed by atoms with Crippen molar-refractivity contribution in [1.29, 1.82) is 5.26 Å². The van der Waals surface area contributed by atoms with Crippen LogP contribution in [-0.4, -0.2) is 40.0 Å². The van der Waals surface area contributed by atoms with E-state index in [1.54, 1.807) is 13.3 Å². The molecule has 0 radical (unpaired) electrons. The van der Waals surface area contributed by atoms with E-state index < -0.39 is 0 Å². The first-order valence-corrected chi connectivity index (χ1v) is 10.0. The van der Waals surface area contributed by atoms with Crippen LogP contribution < -0.4 is 10.6 Å². The maximum atomic E-state index is 9.58. The number of hydrogen-bond donors (Lipinski definition) is 2. The molecule has 0 fully saturated rings. The molecule has 2 N–H and O–H groups in total. The minimum Gasteiger partial charge on any atom is -0.385 e. The molecule has 1 aliphatic rings. The highest BCUT2D eigenvalue weighted by molar-refractivity contribution is 5.75. The number of aromatic nitrogens is 4. The molecule has 0 bridgehead atoms. The summed E-state index contributed by atoms with van der Waals surface area (Å²) in [5.74, 6) is 1.69. The van der Waals surface area contributed by atoms with Gasteiger partial charge in [-0.2, -0.15) is 10.4 Å². The summed E-state index contributed by atoms with van der Waals surface area (Å²) in [5, 5.41) is 20.7. The minimum atomic E-state index is 0.357. The molecule has 3 aromatic rings. The molecular formula is C22H25N7O. The van der Waals surface area contributed by atoms with Gasteiger partial charge < -0.3 is 15.4 Å². The Balaban J connectivity index is 1.62. The van der Waals surface area contributed by atoms with Gasteiger partial charge in [0.25, 0.3) is 0 Å². The van der Waals surface area contributed by atoms with E-state index in [0.717, 1.165) is 53.5 Å². The number of fused-ring (bicyclic) bond motifs is 1. The van der Waals surface area contributed by atoms with Crippen molar-refractivity contribution >= 4 is 17.5 Å². The monoisotopic (exact) mass is 403 g/mol. The van der Waals surface area contributed by atoms with Crippen LogP contribution in [0.2, 0.25) is 0 Å². The van der Waals surface area contributed by atoms with Gasteiger partial charge in [-0.25, -0.2) is 14.6 Å². The van der Waals surface area contributed by atoms with Gasteiger partial charge in [0, 0.05) is 50.6 Å². The second-order valence-corrected chi connectivity index (χ2v) is 7.51. The van der Waals surface area contributed by atoms with Gasteiger partial charge >= 0.3 is 0 Å². The molecule has 0 aliphatic carbocycles. The third kappa shape index (κ3) is 3.98. The number of ether oxygens (including phenoxy) is 1. The molecule has 1 unspecified atom stereocenters. The van der Waals surface area contributed by atoms with Crippen molar-refractivity contribution in [3.63, 3.8) is 0 Å². The van der Waals surface area contributed by atoms with Crippen molar-refractivity contribution in [2.45, 2.75) is 32.7 Å². The Morgan fingerprint density at radius 1 is 1.37 bits per heavy atom. The summed E-state index contributed by atoms with van der Waals surface area (Å²) in [6.45, 7) is 6.38. The highest BCUT2D eigenvalue weighted by Gasteiger charge is 2.22. The molecule has 2 aromatic heterocycles. The Morgan fingerprint density at radius 2 is 2.23 bits per heavy atom. The van der Waals surface area contributed by atoms with Gasteiger partial charge in [-0.05, 0) is 37.1 Å². The Kier molecular flexibility index (Phi) is 5.63. The van der Waals surface area contributed by atoms with Crippen LogP contribution in [0.5, 0.6) is 0 Å². The van der Waals surface area contributed by atoms with Gasteiger partial charge in [0.2, 0.25) is 5.95 Å². The first kappa shape index (κ1) is 19.9. The van der Waals surface area contributed by atoms with Gasteiger partial charge in [0.05, 0.1) is 22.6 Å². The number of nitrogens with zero attached hydrogens (tertiary/aromatic N) is 5. The number of aryl methyl sites for hydroxylation is 2. The lowest BCUT2D eigenvalue weighted by atomic mass is 9.96. The molecule has 1 atom stereocenters. The normalized spacial score (nSPS) is 14.8. The molecular weight excluding hydrogens is 378 g/mol. The second kappa shape index (κ2) is 8.51. The lowest BCUT2D eigenvalue weighted by molar-refractivity contribution is 0.189. The molecule has 0 amide bonds. The third-order valence-corrected chi connectivity index (χ3v) is 5.22. The van der Waals surface area contributed by atoms with Crippen molar-refractivity contribution in [1.82, 2.24) is 19.7 Å². The lowest BCUT2D eigenvalue weighted by Crippen LogP contribution is -2.08. The molecule has 30 heavy (non-hydrogen) atoms. The van der Waals surface area contributed by atoms with Crippen molar-refractivity contribution in [2.75, 3.05) is 30.9 Å². The fraction of sp³-hybridized carbons (Fsp3) is 0.364. The molecule has 0 spiro atoms. The number of anilines is 3. The summed E-state index contributed by atoms with van der Waals surface area (Å²) in [6, 6.07) is 10.1. The third-order valence-electron chi connectivity index (χ3n) is 5.22. The van der Waals surface area contributed by atoms with Crippen LogP contribution in [0.1, 0.15) is 36.1 Å². The van der Waals surface area contributed by atoms with Gasteiger partial charge in [-0.15, -0.1) is 0 Å². The molecule has 1 aromatic carbocycles. The fourth-order valence-electron chi connectivity index (χ4n) is 3.72. The smallest absolute Gasteiger partial charge is 0.228 e. The van der Waals surface area contributed by atoms with E-state index in [1.807, 2.05) is 29.8 Å². The highest BCUT2D eigenvalue weighted by Crippen LogP contribution is 2.37. The van der Waals surface area contributed by atoms with E-state index in [0.29, 0.717) is 24.0 Å². The van der Waals surface area contributed by atoms with E-state index >= 15 is 0 Å². The van der Waals surface area contributed by atoms with E-state index in [2.05, 4.69) is 39.8 Å². The van der Waals surface area contributed by atoms with Crippen LogP contribution in [0.4, 0.5) is 17.5 Å². The zero-order chi connectivity index (χ0) is 21.1. The summed E-state index contributed by atoms with van der Waals surface area (Å²) in [4.78, 5) is 9.06. The molecule has 3 heterocycles. The molecule has 4 rings (SSSR count). The Hall–Kier alpha value is -3.44. The van der Waals surface area contributed by atoms with Crippen molar-refractivity contribution < 1.29 is 4.74 Å². The van der Waals surface area contributed by atoms with Gasteiger partial charge in [-0.3, -0.25) is 0 Å². The minimum absolute atomic E-state index is 0.357. The van der Waals surface area contributed by atoms with Crippen LogP contribution in [-0.2, 0) is 11.3 Å². The first-order valence-electron chi connectivity index (χ1n) is 10.0. The number of nitrogens with one attached hydrogen (secondary N) is 2. The van der Waals surface area contributed by atoms with Crippen LogP contribution in [0, 0.1) is 18.3 Å². The van der Waals surface area contributed by atoms with Crippen LogP contribution in [0.15, 0.2) is 30.5 Å². The SMILES string of the molecule is COCCCn1nc(C)cc1Nc1nccc(-c2cc(C#N)c3c(c2)C(C)CN3)n1. The lowest BCUT2D eigenvalue weighted by Gasteiger charge is -2.11. The van der Waals surface area contributed by atoms with Gasteiger partial charge in [0.1, 0.15) is 11.9 Å². The predicted octanol–water partition coefficient (Wildman–Crippen LogP) is 3.83. The Labute approximate surface area is 175 Å². The molecule has 1 aliphatic heterocycles. The number of methoxy groups -OCH3 is 1. The number of nitriles is 1. The topological polar surface area (TPSA) is 101 Å². The maximum absolute atomic E-state index is 9.58. The van der Waals surface area contributed by atoms with Crippen molar-refractivity contribution in [3.8, 4) is 17.3 Å². The fourth-order valence-corrected chi connectivity index (χ4v) is 3.72. The van der Waals surface area contributed by atoms with Crippen LogP contribution >= 0.6 is 0 Å². The zero-order valence-electron chi connectivity index (χ0n) is 17.4. The molecule has 8 heteroatoms. The number of rotatable bonds is 7. The largest absolute Gasteiger partial charge is 0.385 e. The summed E-state index contributed by atoms with van der Waals surface area (Å²) < 4.78 is 7.04. The molecule has 8 nitrogen and oxygen atoms in total. The second-order valence-electron chi connectivity index (χ2n) is 7.51. The van der Waals surface area contributed by atoms with E-state index in [1.165, 1.54) is 0 Å². The quantitative estimate of drug-likeness (QED) is 0.578. The summed E-state index contributed by atoms with van der Waals surface area (Å²) >= 11 is 0. The maximum Gasteiger partial charge on any atom is 0.228 e. The molecule has 0 saturated heterocycles. The van der Waals surface area contributed by atoms with E-state index in [-0.39, 0.29) is 0 Å². The molecule has 154 valence electrons. The summed E-state index contributed by atoms with van der Waals surface area (Å²) in [7, 11) is 1.69. The predicted molar refractivity (Wildman–Crippen MR) is 116 cm³/mol. The van der Waals surface area contributed by atoms with Crippen molar-refractivity contribution in [3.05, 3.63) is 47.3 Å². The van der Waals surface area contributed by atoms with Crippen molar-refractivity contribution in [2.24, 2.45) is 0 Å². The number of hydrogen-bond acceptors (Lipinski definition) is 7. The first-order chi connectivity index (χ1) is 14.6. The molecule has 0 saturated carbocycles. The van der Waals surface area contributed by atoms with E-state index in [4.69, 9.17) is 9.72 Å². The summed E-state index contributed by atoms with van der Waals surface area (Å²) in [5.41, 5.74) is 5.35. The van der Waals surface area contributed by atoms with E-state index in [9.17, 15) is 5.26 Å². The van der Waals surface area contributed by atoms with Gasteiger partial charge in [0.15, 0.2) is 0 Å². The summed E-state index contributed by atoms with van der Waals surface area (Å²) in [6.07, 6.45) is 2.59. The zero-order valence-corrected chi connectivity index (χ0v) is 17.4. The van der Waals surface area contributed by atoms with Gasteiger partial charge in [-0.1, -0.05) is 6.92 Å². The highest BCUT2D eigenvalue weighted by atomic mass is 16.5. The Bertz CT molecular complexity index is 1100. The standard InChI is InChI=1S/C22H25N7O/c1-14-13-25-21-17(12-23)10-16(11-18(14)21)19-5-6-24-22(26-19)27-20-9-15(2)28-29(20)7-4-8-30-3/h5-6,9-11,14,25H,4,7-8,13H2,1-3H3,(H,24,26,27). The Morgan fingerprint density at radius 3 is 3.03 bits per heavy atom.